The normalized spacial score (nSPS) is 15.0. The highest BCUT2D eigenvalue weighted by molar-refractivity contribution is 9.10. The van der Waals surface area contributed by atoms with Crippen LogP contribution in [-0.2, 0) is 4.74 Å². The third kappa shape index (κ3) is 4.54. The zero-order valence-electron chi connectivity index (χ0n) is 17.3. The van der Waals surface area contributed by atoms with Crippen molar-refractivity contribution in [3.63, 3.8) is 0 Å². The number of urea groups is 1. The number of nitrogens with zero attached hydrogens (tertiary/aromatic N) is 4. The molecule has 7 nitrogen and oxygen atoms in total. The van der Waals surface area contributed by atoms with E-state index in [0.29, 0.717) is 26.3 Å². The molecule has 160 valence electrons. The van der Waals surface area contributed by atoms with E-state index in [2.05, 4.69) is 61.0 Å². The van der Waals surface area contributed by atoms with Crippen molar-refractivity contribution in [1.29, 1.82) is 0 Å². The summed E-state index contributed by atoms with van der Waals surface area (Å²) in [6.07, 6.45) is 3.83. The average Bonchev–Trinajstić information content (AvgIpc) is 3.10. The van der Waals surface area contributed by atoms with Gasteiger partial charge < -0.3 is 24.3 Å². The number of hydrogen-bond donors (Lipinski definition) is 1. The minimum absolute atomic E-state index is 0.0107. The van der Waals surface area contributed by atoms with E-state index in [1.54, 1.807) is 0 Å². The summed E-state index contributed by atoms with van der Waals surface area (Å²) in [4.78, 5) is 21.7. The fourth-order valence-electron chi connectivity index (χ4n) is 3.93. The van der Waals surface area contributed by atoms with Gasteiger partial charge in [-0.05, 0) is 50.1 Å². The Morgan fingerprint density at radius 3 is 2.97 bits per heavy atom. The molecule has 4 rings (SSSR count). The Morgan fingerprint density at radius 2 is 2.10 bits per heavy atom. The van der Waals surface area contributed by atoms with Crippen LogP contribution in [0.1, 0.15) is 19.8 Å². The van der Waals surface area contributed by atoms with Crippen LogP contribution in [0.5, 0.6) is 0 Å². The van der Waals surface area contributed by atoms with Gasteiger partial charge in [-0.2, -0.15) is 0 Å². The van der Waals surface area contributed by atoms with Crippen molar-refractivity contribution >= 4 is 44.3 Å². The smallest absolute Gasteiger partial charge is 0.317 e. The molecular formula is C22H28BrN5O2. The van der Waals surface area contributed by atoms with Gasteiger partial charge in [0.25, 0.3) is 0 Å². The molecule has 3 aromatic rings. The van der Waals surface area contributed by atoms with Gasteiger partial charge in [0.05, 0.1) is 16.6 Å². The first-order chi connectivity index (χ1) is 14.7. The molecule has 1 saturated heterocycles. The molecule has 8 heteroatoms. The lowest BCUT2D eigenvalue weighted by Crippen LogP contribution is -2.42. The summed E-state index contributed by atoms with van der Waals surface area (Å²) in [6, 6.07) is 10.4. The third-order valence-electron chi connectivity index (χ3n) is 5.43. The third-order valence-corrected chi connectivity index (χ3v) is 5.92. The molecule has 0 spiro atoms. The van der Waals surface area contributed by atoms with Gasteiger partial charge in [-0.15, -0.1) is 0 Å². The first kappa shape index (κ1) is 20.9. The summed E-state index contributed by atoms with van der Waals surface area (Å²) in [5.41, 5.74) is 3.14. The minimum atomic E-state index is 0.0107. The Morgan fingerprint density at radius 1 is 1.20 bits per heavy atom. The zero-order valence-corrected chi connectivity index (χ0v) is 18.9. The Bertz CT molecular complexity index is 1020. The summed E-state index contributed by atoms with van der Waals surface area (Å²) in [5, 5.41) is 3.01. The standard InChI is InChI=1S/C22H28BrN5O2/c1-2-30-15-4-9-24-22(29)27-11-5-10-26(13-14-27)21-20-6-3-12-28(20)19-8-7-17(23)16-18(19)25-21/h3,6-8,12,16H,2,4-5,9-11,13-15H2,1H3,(H,24,29). The van der Waals surface area contributed by atoms with Gasteiger partial charge >= 0.3 is 6.03 Å². The molecule has 2 amide bonds. The van der Waals surface area contributed by atoms with Crippen LogP contribution in [0.2, 0.25) is 0 Å². The van der Waals surface area contributed by atoms with Crippen LogP contribution in [0.15, 0.2) is 41.0 Å². The maximum absolute atomic E-state index is 12.5. The molecule has 1 aliphatic rings. The van der Waals surface area contributed by atoms with Crippen LogP contribution in [-0.4, -0.2) is 66.3 Å². The van der Waals surface area contributed by atoms with Crippen molar-refractivity contribution in [2.24, 2.45) is 0 Å². The van der Waals surface area contributed by atoms with Gasteiger partial charge in [0.2, 0.25) is 0 Å². The van der Waals surface area contributed by atoms with Gasteiger partial charge in [-0.25, -0.2) is 9.78 Å². The summed E-state index contributed by atoms with van der Waals surface area (Å²) in [5.74, 6) is 0.976. The first-order valence-electron chi connectivity index (χ1n) is 10.6. The number of benzene rings is 1. The number of halogens is 1. The summed E-state index contributed by atoms with van der Waals surface area (Å²) in [7, 11) is 0. The SMILES string of the molecule is CCOCCCNC(=O)N1CCCN(c2nc3cc(Br)ccc3n3cccc23)CC1. The molecule has 3 heterocycles. The molecule has 0 unspecified atom stereocenters. The Balaban J connectivity index is 1.47. The lowest BCUT2D eigenvalue weighted by atomic mass is 10.3. The van der Waals surface area contributed by atoms with E-state index in [0.717, 1.165) is 59.3 Å². The minimum Gasteiger partial charge on any atom is -0.382 e. The molecule has 0 bridgehead atoms. The maximum atomic E-state index is 12.5. The largest absolute Gasteiger partial charge is 0.382 e. The van der Waals surface area contributed by atoms with Gasteiger partial charge in [0.15, 0.2) is 5.82 Å². The van der Waals surface area contributed by atoms with E-state index < -0.39 is 0 Å². The Labute approximate surface area is 185 Å². The summed E-state index contributed by atoms with van der Waals surface area (Å²) < 4.78 is 8.54. The van der Waals surface area contributed by atoms with Crippen LogP contribution in [0.3, 0.4) is 0 Å². The summed E-state index contributed by atoms with van der Waals surface area (Å²) >= 11 is 3.56. The molecule has 0 radical (unpaired) electrons. The number of amides is 2. The molecule has 0 aliphatic carbocycles. The van der Waals surface area contributed by atoms with Gasteiger partial charge in [-0.1, -0.05) is 15.9 Å². The van der Waals surface area contributed by atoms with Gasteiger partial charge in [0.1, 0.15) is 0 Å². The number of hydrogen-bond acceptors (Lipinski definition) is 4. The monoisotopic (exact) mass is 473 g/mol. The number of carbonyl (C=O) groups excluding carboxylic acids is 1. The molecule has 0 atom stereocenters. The lowest BCUT2D eigenvalue weighted by Gasteiger charge is -2.24. The second-order valence-electron chi connectivity index (χ2n) is 7.44. The fraction of sp³-hybridized carbons (Fsp3) is 0.455. The van der Waals surface area contributed by atoms with Crippen LogP contribution in [0.25, 0.3) is 16.6 Å². The van der Waals surface area contributed by atoms with Gasteiger partial charge in [-0.3, -0.25) is 0 Å². The molecule has 1 fully saturated rings. The zero-order chi connectivity index (χ0) is 20.9. The average molecular weight is 474 g/mol. The second-order valence-corrected chi connectivity index (χ2v) is 8.36. The topological polar surface area (TPSA) is 62.1 Å². The number of rotatable bonds is 6. The quantitative estimate of drug-likeness (QED) is 0.551. The highest BCUT2D eigenvalue weighted by Crippen LogP contribution is 2.27. The van der Waals surface area contributed by atoms with Crippen LogP contribution in [0.4, 0.5) is 10.6 Å². The highest BCUT2D eigenvalue weighted by Gasteiger charge is 2.21. The van der Waals surface area contributed by atoms with Crippen LogP contribution < -0.4 is 10.2 Å². The molecular weight excluding hydrogens is 446 g/mol. The molecule has 0 saturated carbocycles. The van der Waals surface area contributed by atoms with Crippen molar-refractivity contribution in [3.05, 3.63) is 41.0 Å². The highest BCUT2D eigenvalue weighted by atomic mass is 79.9. The van der Waals surface area contributed by atoms with E-state index in [4.69, 9.17) is 9.72 Å². The predicted molar refractivity (Wildman–Crippen MR) is 123 cm³/mol. The van der Waals surface area contributed by atoms with E-state index in [-0.39, 0.29) is 6.03 Å². The Kier molecular flexibility index (Phi) is 6.74. The summed E-state index contributed by atoms with van der Waals surface area (Å²) in [6.45, 7) is 7.09. The number of anilines is 1. The van der Waals surface area contributed by atoms with Crippen LogP contribution >= 0.6 is 15.9 Å². The number of fused-ring (bicyclic) bond motifs is 3. The van der Waals surface area contributed by atoms with Gasteiger partial charge in [0, 0.05) is 56.6 Å². The first-order valence-corrected chi connectivity index (χ1v) is 11.4. The van der Waals surface area contributed by atoms with Crippen molar-refractivity contribution < 1.29 is 9.53 Å². The van der Waals surface area contributed by atoms with Crippen molar-refractivity contribution in [2.45, 2.75) is 19.8 Å². The molecule has 1 aliphatic heterocycles. The van der Waals surface area contributed by atoms with E-state index in [1.165, 1.54) is 0 Å². The molecule has 1 N–H and O–H groups in total. The van der Waals surface area contributed by atoms with E-state index >= 15 is 0 Å². The fourth-order valence-corrected chi connectivity index (χ4v) is 4.27. The van der Waals surface area contributed by atoms with Crippen molar-refractivity contribution in [1.82, 2.24) is 19.6 Å². The lowest BCUT2D eigenvalue weighted by molar-refractivity contribution is 0.144. The molecule has 30 heavy (non-hydrogen) atoms. The van der Waals surface area contributed by atoms with E-state index in [1.807, 2.05) is 17.9 Å². The van der Waals surface area contributed by atoms with E-state index in [9.17, 15) is 4.79 Å². The van der Waals surface area contributed by atoms with Crippen molar-refractivity contribution in [3.8, 4) is 0 Å². The predicted octanol–water partition coefficient (Wildman–Crippen LogP) is 3.90. The number of nitrogens with one attached hydrogen (secondary N) is 1. The van der Waals surface area contributed by atoms with Crippen molar-refractivity contribution in [2.75, 3.05) is 50.8 Å². The maximum Gasteiger partial charge on any atom is 0.317 e. The Hall–Kier alpha value is -2.32. The van der Waals surface area contributed by atoms with Crippen LogP contribution in [0, 0.1) is 0 Å². The number of aromatic nitrogens is 2. The molecule has 1 aromatic carbocycles. The number of carbonyl (C=O) groups is 1. The molecule has 2 aromatic heterocycles. The number of ether oxygens (including phenoxy) is 1. The second kappa shape index (κ2) is 9.66.